The lowest BCUT2D eigenvalue weighted by atomic mass is 10.1. The number of anilines is 2. The zero-order valence-corrected chi connectivity index (χ0v) is 16.5. The van der Waals surface area contributed by atoms with Gasteiger partial charge in [-0.3, -0.25) is 9.69 Å². The number of amides is 1. The lowest BCUT2D eigenvalue weighted by molar-refractivity contribution is -0.119. The summed E-state index contributed by atoms with van der Waals surface area (Å²) in [5, 5.41) is 0. The third kappa shape index (κ3) is 3.50. The van der Waals surface area contributed by atoms with Crippen molar-refractivity contribution in [1.82, 2.24) is 9.97 Å². The van der Waals surface area contributed by atoms with Gasteiger partial charge in [-0.1, -0.05) is 29.8 Å². The number of nitrogens with zero attached hydrogens (tertiary/aromatic N) is 4. The van der Waals surface area contributed by atoms with Gasteiger partial charge in [-0.2, -0.15) is 0 Å². The Labute approximate surface area is 164 Å². The summed E-state index contributed by atoms with van der Waals surface area (Å²) in [6.07, 6.45) is 0.297. The van der Waals surface area contributed by atoms with E-state index in [0.29, 0.717) is 25.4 Å². The average Bonchev–Trinajstić information content (AvgIpc) is 2.68. The lowest BCUT2D eigenvalue weighted by Gasteiger charge is -2.33. The van der Waals surface area contributed by atoms with Crippen LogP contribution in [0, 0.1) is 13.8 Å². The zero-order chi connectivity index (χ0) is 19.7. The Balaban J connectivity index is 1.51. The highest BCUT2D eigenvalue weighted by atomic mass is 16.5. The minimum Gasteiger partial charge on any atom is -0.493 e. The molecule has 6 nitrogen and oxygen atoms in total. The number of hydrogen-bond acceptors (Lipinski definition) is 5. The fourth-order valence-corrected chi connectivity index (χ4v) is 3.47. The van der Waals surface area contributed by atoms with Crippen LogP contribution in [0.1, 0.15) is 17.5 Å². The number of benzene rings is 2. The van der Waals surface area contributed by atoms with Crippen LogP contribution in [0.2, 0.25) is 0 Å². The normalized spacial score (nSPS) is 13.5. The molecule has 0 bridgehead atoms. The number of likely N-dealkylation sites (N-methyl/N-ethyl adjacent to an activating group) is 1. The van der Waals surface area contributed by atoms with Crippen molar-refractivity contribution in [3.8, 4) is 5.75 Å². The average molecular weight is 376 g/mol. The number of carbonyl (C=O) groups excluding carboxylic acids is 1. The van der Waals surface area contributed by atoms with Crippen molar-refractivity contribution in [1.29, 1.82) is 0 Å². The van der Waals surface area contributed by atoms with E-state index in [4.69, 9.17) is 14.7 Å². The predicted molar refractivity (Wildman–Crippen MR) is 111 cm³/mol. The van der Waals surface area contributed by atoms with Crippen LogP contribution in [-0.2, 0) is 4.79 Å². The molecule has 144 valence electrons. The van der Waals surface area contributed by atoms with E-state index in [1.54, 1.807) is 4.90 Å². The molecule has 0 unspecified atom stereocenters. The third-order valence-electron chi connectivity index (χ3n) is 5.02. The Morgan fingerprint density at radius 2 is 1.75 bits per heavy atom. The van der Waals surface area contributed by atoms with E-state index >= 15 is 0 Å². The van der Waals surface area contributed by atoms with E-state index in [1.165, 1.54) is 5.56 Å². The SMILES string of the molecule is Cc1ccc(OCCC(=O)N2CCN(C)c3nc4ccccc4nc32)c(C)c1. The van der Waals surface area contributed by atoms with Crippen molar-refractivity contribution in [2.75, 3.05) is 36.5 Å². The number of rotatable bonds is 4. The molecule has 0 atom stereocenters. The maximum atomic E-state index is 12.9. The molecule has 3 aromatic rings. The van der Waals surface area contributed by atoms with Gasteiger partial charge < -0.3 is 9.64 Å². The van der Waals surface area contributed by atoms with E-state index in [0.717, 1.165) is 34.7 Å². The summed E-state index contributed by atoms with van der Waals surface area (Å²) in [6, 6.07) is 13.8. The fourth-order valence-electron chi connectivity index (χ4n) is 3.47. The molecule has 0 fully saturated rings. The van der Waals surface area contributed by atoms with Gasteiger partial charge in [0.1, 0.15) is 5.75 Å². The molecule has 0 radical (unpaired) electrons. The van der Waals surface area contributed by atoms with Crippen LogP contribution < -0.4 is 14.5 Å². The summed E-state index contributed by atoms with van der Waals surface area (Å²) in [5.41, 5.74) is 3.90. The smallest absolute Gasteiger partial charge is 0.231 e. The Kier molecular flexibility index (Phi) is 4.86. The second-order valence-corrected chi connectivity index (χ2v) is 7.19. The molecule has 0 spiro atoms. The van der Waals surface area contributed by atoms with Gasteiger partial charge in [-0.05, 0) is 37.6 Å². The summed E-state index contributed by atoms with van der Waals surface area (Å²) in [6.45, 7) is 5.73. The van der Waals surface area contributed by atoms with E-state index in [1.807, 2.05) is 55.3 Å². The molecule has 2 heterocycles. The van der Waals surface area contributed by atoms with Crippen LogP contribution in [0.25, 0.3) is 11.0 Å². The topological polar surface area (TPSA) is 58.6 Å². The minimum atomic E-state index is 0.00342. The van der Waals surface area contributed by atoms with Gasteiger partial charge in [-0.25, -0.2) is 9.97 Å². The Morgan fingerprint density at radius 3 is 2.46 bits per heavy atom. The molecule has 4 rings (SSSR count). The first-order chi connectivity index (χ1) is 13.5. The van der Waals surface area contributed by atoms with Crippen molar-refractivity contribution in [3.05, 3.63) is 53.6 Å². The van der Waals surface area contributed by atoms with Crippen LogP contribution in [0.3, 0.4) is 0 Å². The molecule has 0 aliphatic carbocycles. The van der Waals surface area contributed by atoms with Crippen molar-refractivity contribution in [3.63, 3.8) is 0 Å². The first kappa shape index (κ1) is 18.2. The number of hydrogen-bond donors (Lipinski definition) is 0. The molecular formula is C22H24N4O2. The largest absolute Gasteiger partial charge is 0.493 e. The molecule has 1 amide bonds. The summed E-state index contributed by atoms with van der Waals surface area (Å²) >= 11 is 0. The molecule has 0 saturated carbocycles. The number of para-hydroxylation sites is 2. The van der Waals surface area contributed by atoms with Crippen molar-refractivity contribution in [2.45, 2.75) is 20.3 Å². The molecule has 0 saturated heterocycles. The van der Waals surface area contributed by atoms with E-state index in [2.05, 4.69) is 13.0 Å². The van der Waals surface area contributed by atoms with Crippen molar-refractivity contribution >= 4 is 28.6 Å². The maximum Gasteiger partial charge on any atom is 0.231 e. The zero-order valence-electron chi connectivity index (χ0n) is 16.5. The molecule has 2 aromatic carbocycles. The van der Waals surface area contributed by atoms with Gasteiger partial charge in [0, 0.05) is 20.1 Å². The molecule has 6 heteroatoms. The summed E-state index contributed by atoms with van der Waals surface area (Å²) in [5.74, 6) is 2.20. The number of carbonyl (C=O) groups is 1. The van der Waals surface area contributed by atoms with Gasteiger partial charge in [-0.15, -0.1) is 0 Å². The Hall–Kier alpha value is -3.15. The summed E-state index contributed by atoms with van der Waals surface area (Å²) in [4.78, 5) is 26.1. The highest BCUT2D eigenvalue weighted by Crippen LogP contribution is 2.31. The van der Waals surface area contributed by atoms with E-state index in [-0.39, 0.29) is 5.91 Å². The Morgan fingerprint density at radius 1 is 1.04 bits per heavy atom. The van der Waals surface area contributed by atoms with Crippen molar-refractivity contribution < 1.29 is 9.53 Å². The minimum absolute atomic E-state index is 0.00342. The molecule has 1 aliphatic heterocycles. The van der Waals surface area contributed by atoms with Crippen molar-refractivity contribution in [2.24, 2.45) is 0 Å². The summed E-state index contributed by atoms with van der Waals surface area (Å²) in [7, 11) is 1.98. The van der Waals surface area contributed by atoms with Gasteiger partial charge in [0.05, 0.1) is 24.1 Å². The first-order valence-corrected chi connectivity index (χ1v) is 9.51. The van der Waals surface area contributed by atoms with Crippen LogP contribution in [-0.4, -0.2) is 42.6 Å². The lowest BCUT2D eigenvalue weighted by Crippen LogP contribution is -2.44. The number of aromatic nitrogens is 2. The number of aryl methyl sites for hydroxylation is 2. The van der Waals surface area contributed by atoms with E-state index in [9.17, 15) is 4.79 Å². The van der Waals surface area contributed by atoms with Crippen LogP contribution in [0.5, 0.6) is 5.75 Å². The fraction of sp³-hybridized carbons (Fsp3) is 0.318. The van der Waals surface area contributed by atoms with Crippen LogP contribution in [0.4, 0.5) is 11.6 Å². The molecule has 1 aromatic heterocycles. The highest BCUT2D eigenvalue weighted by Gasteiger charge is 2.28. The molecule has 0 N–H and O–H groups in total. The number of fused-ring (bicyclic) bond motifs is 2. The maximum absolute atomic E-state index is 12.9. The molecule has 1 aliphatic rings. The summed E-state index contributed by atoms with van der Waals surface area (Å²) < 4.78 is 5.84. The highest BCUT2D eigenvalue weighted by molar-refractivity contribution is 5.97. The second kappa shape index (κ2) is 7.46. The van der Waals surface area contributed by atoms with Gasteiger partial charge in [0.25, 0.3) is 0 Å². The first-order valence-electron chi connectivity index (χ1n) is 9.51. The predicted octanol–water partition coefficient (Wildman–Crippen LogP) is 3.50. The quantitative estimate of drug-likeness (QED) is 0.698. The molecular weight excluding hydrogens is 352 g/mol. The molecule has 28 heavy (non-hydrogen) atoms. The standard InChI is InChI=1S/C22H24N4O2/c1-15-8-9-19(16(2)14-15)28-13-10-20(27)26-12-11-25(3)21-22(26)24-18-7-5-4-6-17(18)23-21/h4-9,14H,10-13H2,1-3H3. The second-order valence-electron chi connectivity index (χ2n) is 7.19. The number of ether oxygens (including phenoxy) is 1. The van der Waals surface area contributed by atoms with E-state index < -0.39 is 0 Å². The van der Waals surface area contributed by atoms with Gasteiger partial charge >= 0.3 is 0 Å². The Bertz CT molecular complexity index is 1030. The van der Waals surface area contributed by atoms with Gasteiger partial charge in [0.15, 0.2) is 11.6 Å². The van der Waals surface area contributed by atoms with Crippen LogP contribution in [0.15, 0.2) is 42.5 Å². The monoisotopic (exact) mass is 376 g/mol. The third-order valence-corrected chi connectivity index (χ3v) is 5.02. The van der Waals surface area contributed by atoms with Gasteiger partial charge in [0.2, 0.25) is 5.91 Å². The van der Waals surface area contributed by atoms with Crippen LogP contribution >= 0.6 is 0 Å².